The van der Waals surface area contributed by atoms with E-state index in [1.807, 2.05) is 30.3 Å². The second-order valence-corrected chi connectivity index (χ2v) is 5.86. The minimum atomic E-state index is -0.367. The van der Waals surface area contributed by atoms with Crippen molar-refractivity contribution in [1.29, 1.82) is 0 Å². The summed E-state index contributed by atoms with van der Waals surface area (Å²) in [6.07, 6.45) is 0. The number of anilines is 1. The van der Waals surface area contributed by atoms with Crippen LogP contribution in [0.5, 0.6) is 0 Å². The summed E-state index contributed by atoms with van der Waals surface area (Å²) in [5, 5.41) is 5.19. The Morgan fingerprint density at radius 2 is 1.68 bits per heavy atom. The molecule has 0 fully saturated rings. The molecule has 2 amide bonds. The van der Waals surface area contributed by atoms with Gasteiger partial charge in [0, 0.05) is 10.6 Å². The monoisotopic (exact) mass is 353 g/mol. The van der Waals surface area contributed by atoms with Gasteiger partial charge in [-0.1, -0.05) is 48.0 Å². The summed E-state index contributed by atoms with van der Waals surface area (Å²) in [5.41, 5.74) is 6.40. The quantitative estimate of drug-likeness (QED) is 0.616. The molecule has 0 aliphatic rings. The summed E-state index contributed by atoms with van der Waals surface area (Å²) in [4.78, 5) is 24.0. The summed E-state index contributed by atoms with van der Waals surface area (Å²) < 4.78 is 0. The highest BCUT2D eigenvalue weighted by atomic mass is 35.5. The van der Waals surface area contributed by atoms with Gasteiger partial charge in [-0.2, -0.15) is 0 Å². The molecule has 3 rings (SSSR count). The Morgan fingerprint density at radius 3 is 2.48 bits per heavy atom. The van der Waals surface area contributed by atoms with Crippen LogP contribution in [0.4, 0.5) is 5.69 Å². The van der Waals surface area contributed by atoms with Crippen LogP contribution in [0.15, 0.2) is 66.7 Å². The lowest BCUT2D eigenvalue weighted by Gasteiger charge is -2.10. The molecule has 0 saturated heterocycles. The van der Waals surface area contributed by atoms with Gasteiger partial charge in [-0.25, -0.2) is 0 Å². The summed E-state index contributed by atoms with van der Waals surface area (Å²) >= 11 is 5.86. The molecule has 3 aromatic rings. The van der Waals surface area contributed by atoms with Crippen molar-refractivity contribution < 1.29 is 9.59 Å². The van der Waals surface area contributed by atoms with Crippen LogP contribution in [0.1, 0.15) is 10.4 Å². The molecular formula is C19H16ClN3O2. The highest BCUT2D eigenvalue weighted by molar-refractivity contribution is 6.30. The third-order valence-corrected chi connectivity index (χ3v) is 3.83. The smallest absolute Gasteiger partial charge is 0.257 e. The Hall–Kier alpha value is -3.05. The number of amides is 2. The number of hydrogen-bond acceptors (Lipinski definition) is 3. The van der Waals surface area contributed by atoms with Gasteiger partial charge in [0.1, 0.15) is 0 Å². The number of hydrazine groups is 1. The van der Waals surface area contributed by atoms with Crippen molar-refractivity contribution in [1.82, 2.24) is 10.7 Å². The molecule has 0 aromatic heterocycles. The van der Waals surface area contributed by atoms with Crippen LogP contribution < -0.4 is 16.2 Å². The van der Waals surface area contributed by atoms with E-state index in [-0.39, 0.29) is 18.4 Å². The molecule has 0 heterocycles. The third-order valence-electron chi connectivity index (χ3n) is 3.59. The number of benzene rings is 3. The number of carbonyl (C=O) groups is 2. The molecule has 0 spiro atoms. The zero-order valence-electron chi connectivity index (χ0n) is 13.3. The van der Waals surface area contributed by atoms with E-state index in [9.17, 15) is 9.59 Å². The first kappa shape index (κ1) is 16.8. The van der Waals surface area contributed by atoms with Crippen LogP contribution in [-0.4, -0.2) is 18.4 Å². The predicted octanol–water partition coefficient (Wildman–Crippen LogP) is 3.37. The van der Waals surface area contributed by atoms with E-state index in [2.05, 4.69) is 16.2 Å². The van der Waals surface area contributed by atoms with Crippen molar-refractivity contribution >= 4 is 39.9 Å². The maximum absolute atomic E-state index is 12.2. The summed E-state index contributed by atoms with van der Waals surface area (Å²) in [5.74, 6) is -0.669. The molecule has 0 bridgehead atoms. The molecule has 0 aliphatic carbocycles. The Kier molecular flexibility index (Phi) is 5.16. The largest absolute Gasteiger partial charge is 0.343 e. The van der Waals surface area contributed by atoms with Gasteiger partial charge in [0.05, 0.1) is 12.2 Å². The third kappa shape index (κ3) is 4.49. The maximum Gasteiger partial charge on any atom is 0.257 e. The van der Waals surface area contributed by atoms with E-state index in [4.69, 9.17) is 11.6 Å². The first-order chi connectivity index (χ1) is 12.1. The van der Waals surface area contributed by atoms with E-state index in [0.717, 1.165) is 10.8 Å². The van der Waals surface area contributed by atoms with E-state index >= 15 is 0 Å². The number of rotatable bonds is 5. The minimum Gasteiger partial charge on any atom is -0.343 e. The van der Waals surface area contributed by atoms with Gasteiger partial charge in [0.15, 0.2) is 0 Å². The molecule has 5 nitrogen and oxygen atoms in total. The van der Waals surface area contributed by atoms with Gasteiger partial charge >= 0.3 is 0 Å². The Bertz CT molecular complexity index is 927. The molecule has 0 aliphatic heterocycles. The van der Waals surface area contributed by atoms with Crippen molar-refractivity contribution in [3.8, 4) is 0 Å². The van der Waals surface area contributed by atoms with Crippen LogP contribution >= 0.6 is 11.6 Å². The molecule has 3 N–H and O–H groups in total. The number of fused-ring (bicyclic) bond motifs is 1. The zero-order chi connectivity index (χ0) is 17.6. The van der Waals surface area contributed by atoms with E-state index in [1.165, 1.54) is 0 Å². The first-order valence-electron chi connectivity index (χ1n) is 7.69. The highest BCUT2D eigenvalue weighted by Crippen LogP contribution is 2.15. The molecule has 3 aromatic carbocycles. The van der Waals surface area contributed by atoms with Crippen molar-refractivity contribution in [2.45, 2.75) is 0 Å². The van der Waals surface area contributed by atoms with E-state index in [0.29, 0.717) is 16.3 Å². The van der Waals surface area contributed by atoms with Gasteiger partial charge in [-0.05, 0) is 41.1 Å². The van der Waals surface area contributed by atoms with Crippen LogP contribution in [0.2, 0.25) is 5.02 Å². The molecular weight excluding hydrogens is 338 g/mol. The molecule has 6 heteroatoms. The van der Waals surface area contributed by atoms with Crippen LogP contribution in [0, 0.1) is 0 Å². The summed E-state index contributed by atoms with van der Waals surface area (Å²) in [7, 11) is 0. The fourth-order valence-corrected chi connectivity index (χ4v) is 2.54. The average Bonchev–Trinajstić information content (AvgIpc) is 2.64. The summed E-state index contributed by atoms with van der Waals surface area (Å²) in [6.45, 7) is -0.140. The fourth-order valence-electron chi connectivity index (χ4n) is 2.35. The highest BCUT2D eigenvalue weighted by Gasteiger charge is 2.08. The van der Waals surface area contributed by atoms with Crippen molar-refractivity contribution in [3.63, 3.8) is 0 Å². The predicted molar refractivity (Wildman–Crippen MR) is 99.5 cm³/mol. The summed E-state index contributed by atoms with van der Waals surface area (Å²) in [6, 6.07) is 20.1. The van der Waals surface area contributed by atoms with Crippen molar-refractivity contribution in [2.75, 3.05) is 12.0 Å². The zero-order valence-corrected chi connectivity index (χ0v) is 14.0. The molecule has 0 saturated carbocycles. The Balaban J connectivity index is 1.53. The Morgan fingerprint density at radius 1 is 0.880 bits per heavy atom. The van der Waals surface area contributed by atoms with Crippen LogP contribution in [0.3, 0.4) is 0 Å². The van der Waals surface area contributed by atoms with Gasteiger partial charge in [0.25, 0.3) is 11.8 Å². The molecule has 0 radical (unpaired) electrons. The number of carbonyl (C=O) groups excluding carboxylic acids is 2. The standard InChI is InChI=1S/C19H16ClN3O2/c20-16-6-3-7-17(11-16)22-23-18(24)12-21-19(25)15-9-8-13-4-1-2-5-14(13)10-15/h1-11,22H,12H2,(H,21,25)(H,23,24). The van der Waals surface area contributed by atoms with Gasteiger partial charge < -0.3 is 5.32 Å². The molecule has 25 heavy (non-hydrogen) atoms. The molecule has 0 atom stereocenters. The first-order valence-corrected chi connectivity index (χ1v) is 8.07. The minimum absolute atomic E-state index is 0.140. The Labute approximate surface area is 150 Å². The van der Waals surface area contributed by atoms with Crippen molar-refractivity contribution in [2.24, 2.45) is 0 Å². The topological polar surface area (TPSA) is 70.2 Å². The van der Waals surface area contributed by atoms with Crippen LogP contribution in [0.25, 0.3) is 10.8 Å². The van der Waals surface area contributed by atoms with E-state index < -0.39 is 0 Å². The van der Waals surface area contributed by atoms with Gasteiger partial charge in [-0.15, -0.1) is 0 Å². The van der Waals surface area contributed by atoms with Gasteiger partial charge in [0.2, 0.25) is 0 Å². The lowest BCUT2D eigenvalue weighted by atomic mass is 10.1. The molecule has 126 valence electrons. The lowest BCUT2D eigenvalue weighted by Crippen LogP contribution is -2.39. The average molecular weight is 354 g/mol. The second kappa shape index (κ2) is 7.68. The number of halogens is 1. The SMILES string of the molecule is O=C(CNC(=O)c1ccc2ccccc2c1)NNc1cccc(Cl)c1. The van der Waals surface area contributed by atoms with E-state index in [1.54, 1.807) is 36.4 Å². The second-order valence-electron chi connectivity index (χ2n) is 5.43. The number of hydrogen-bond donors (Lipinski definition) is 3. The maximum atomic E-state index is 12.2. The molecule has 0 unspecified atom stereocenters. The van der Waals surface area contributed by atoms with Crippen molar-refractivity contribution in [3.05, 3.63) is 77.3 Å². The lowest BCUT2D eigenvalue weighted by molar-refractivity contribution is -0.119. The number of nitrogens with one attached hydrogen (secondary N) is 3. The van der Waals surface area contributed by atoms with Crippen LogP contribution in [-0.2, 0) is 4.79 Å². The fraction of sp³-hybridized carbons (Fsp3) is 0.0526. The normalized spacial score (nSPS) is 10.3. The van der Waals surface area contributed by atoms with Gasteiger partial charge in [-0.3, -0.25) is 20.4 Å².